The number of nitrogens with two attached hydrogens (primary N) is 1. The van der Waals surface area contributed by atoms with Crippen LogP contribution in [-0.2, 0) is 16.1 Å². The maximum absolute atomic E-state index is 11.2. The molecule has 0 saturated carbocycles. The number of hydrogen-bond donors (Lipinski definition) is 2. The molecule has 1 atom stereocenters. The lowest BCUT2D eigenvalue weighted by Gasteiger charge is -2.29. The molecule has 0 spiro atoms. The summed E-state index contributed by atoms with van der Waals surface area (Å²) in [5.41, 5.74) is 6.16. The molecule has 1 aliphatic rings. The Morgan fingerprint density at radius 2 is 2.40 bits per heavy atom. The van der Waals surface area contributed by atoms with Crippen molar-refractivity contribution in [3.05, 3.63) is 29.3 Å². The molecule has 2 amide bonds. The molecule has 1 aliphatic heterocycles. The van der Waals surface area contributed by atoms with E-state index < -0.39 is 11.7 Å². The van der Waals surface area contributed by atoms with E-state index in [0.29, 0.717) is 17.7 Å². The number of benzene rings is 1. The molecule has 1 heterocycles. The average Bonchev–Trinajstić information content (AvgIpc) is 2.53. The lowest BCUT2D eigenvalue weighted by Crippen LogP contribution is -2.48. The molecule has 1 aromatic rings. The maximum Gasteiger partial charge on any atom is 0.249 e. The summed E-state index contributed by atoms with van der Waals surface area (Å²) in [5.74, 6) is -1.95. The Balaban J connectivity index is 2.42. The minimum atomic E-state index is -1.67. The zero-order chi connectivity index (χ0) is 14.8. The maximum atomic E-state index is 11.2. The highest BCUT2D eigenvalue weighted by Gasteiger charge is 2.35. The minimum Gasteiger partial charge on any atom is -0.458 e. The van der Waals surface area contributed by atoms with Crippen molar-refractivity contribution in [3.8, 4) is 5.75 Å². The van der Waals surface area contributed by atoms with Crippen LogP contribution in [-0.4, -0.2) is 48.4 Å². The molecule has 1 aromatic carbocycles. The van der Waals surface area contributed by atoms with Crippen LogP contribution in [0.2, 0.25) is 0 Å². The second-order valence-corrected chi connectivity index (χ2v) is 4.68. The first-order valence-electron chi connectivity index (χ1n) is 6.00. The van der Waals surface area contributed by atoms with Crippen LogP contribution >= 0.6 is 0 Å². The van der Waals surface area contributed by atoms with Crippen molar-refractivity contribution in [2.75, 3.05) is 20.3 Å². The third-order valence-corrected chi connectivity index (χ3v) is 2.99. The summed E-state index contributed by atoms with van der Waals surface area (Å²) in [6.07, 6.45) is 0.626. The van der Waals surface area contributed by atoms with Gasteiger partial charge in [0.1, 0.15) is 12.4 Å². The van der Waals surface area contributed by atoms with Crippen molar-refractivity contribution < 1.29 is 24.2 Å². The molecule has 20 heavy (non-hydrogen) atoms. The second-order valence-electron chi connectivity index (χ2n) is 4.68. The van der Waals surface area contributed by atoms with Crippen molar-refractivity contribution >= 4 is 12.3 Å². The summed E-state index contributed by atoms with van der Waals surface area (Å²) in [6, 6.07) is 4.64. The fourth-order valence-corrected chi connectivity index (χ4v) is 2.14. The van der Waals surface area contributed by atoms with Gasteiger partial charge in [-0.3, -0.25) is 9.59 Å². The predicted octanol–water partition coefficient (Wildman–Crippen LogP) is -0.529. The van der Waals surface area contributed by atoms with Gasteiger partial charge in [0.15, 0.2) is 0 Å². The first-order valence-corrected chi connectivity index (χ1v) is 6.00. The van der Waals surface area contributed by atoms with Crippen LogP contribution in [0.15, 0.2) is 18.2 Å². The summed E-state index contributed by atoms with van der Waals surface area (Å²) < 4.78 is 10.4. The van der Waals surface area contributed by atoms with Crippen molar-refractivity contribution in [1.82, 2.24) is 4.90 Å². The van der Waals surface area contributed by atoms with Crippen molar-refractivity contribution in [1.29, 1.82) is 0 Å². The molecule has 0 radical (unpaired) electrons. The number of aliphatic hydroxyl groups is 1. The van der Waals surface area contributed by atoms with Crippen LogP contribution in [0.3, 0.4) is 0 Å². The van der Waals surface area contributed by atoms with Crippen LogP contribution in [0.4, 0.5) is 0 Å². The van der Waals surface area contributed by atoms with E-state index in [0.717, 1.165) is 0 Å². The molecule has 2 rings (SSSR count). The Hall–Kier alpha value is -2.12. The monoisotopic (exact) mass is 280 g/mol. The summed E-state index contributed by atoms with van der Waals surface area (Å²) in [6.45, 7) is 0.117. The van der Waals surface area contributed by atoms with E-state index in [1.165, 1.54) is 18.1 Å². The molecular formula is C13H16N2O5. The molecule has 108 valence electrons. The van der Waals surface area contributed by atoms with Crippen molar-refractivity contribution in [3.63, 3.8) is 0 Å². The van der Waals surface area contributed by atoms with E-state index in [4.69, 9.17) is 15.2 Å². The Bertz CT molecular complexity index is 533. The summed E-state index contributed by atoms with van der Waals surface area (Å²) >= 11 is 0. The number of carbonyl (C=O) groups is 2. The number of nitrogens with zero attached hydrogens (tertiary/aromatic N) is 1. The van der Waals surface area contributed by atoms with Gasteiger partial charge in [-0.15, -0.1) is 0 Å². The van der Waals surface area contributed by atoms with Gasteiger partial charge in [-0.25, -0.2) is 0 Å². The number of β-amino-alcohol motifs (C(OH)–C–C–N with tert-alkyl or cyclic N) is 1. The molecule has 0 unspecified atom stereocenters. The Labute approximate surface area is 115 Å². The molecule has 0 aromatic heterocycles. The van der Waals surface area contributed by atoms with Crippen molar-refractivity contribution in [2.45, 2.75) is 12.3 Å². The number of carbonyl (C=O) groups excluding carboxylic acids is 2. The molecule has 0 fully saturated rings. The van der Waals surface area contributed by atoms with Crippen LogP contribution in [0.1, 0.15) is 15.9 Å². The van der Waals surface area contributed by atoms with Gasteiger partial charge in [0.05, 0.1) is 6.54 Å². The van der Waals surface area contributed by atoms with Gasteiger partial charge in [0.2, 0.25) is 18.1 Å². The Morgan fingerprint density at radius 3 is 3.00 bits per heavy atom. The highest BCUT2D eigenvalue weighted by molar-refractivity contribution is 5.93. The van der Waals surface area contributed by atoms with Gasteiger partial charge < -0.3 is 25.2 Å². The van der Waals surface area contributed by atoms with Gasteiger partial charge >= 0.3 is 0 Å². The average molecular weight is 280 g/mol. The first-order chi connectivity index (χ1) is 9.47. The van der Waals surface area contributed by atoms with Gasteiger partial charge in [0.25, 0.3) is 0 Å². The lowest BCUT2D eigenvalue weighted by molar-refractivity contribution is -0.181. The number of rotatable bonds is 4. The molecule has 0 bridgehead atoms. The minimum absolute atomic E-state index is 0.0368. The molecule has 3 N–H and O–H groups in total. The highest BCUT2D eigenvalue weighted by Crippen LogP contribution is 2.29. The second kappa shape index (κ2) is 5.48. The number of ether oxygens (including phenoxy) is 2. The third kappa shape index (κ3) is 2.89. The van der Waals surface area contributed by atoms with E-state index in [9.17, 15) is 14.7 Å². The van der Waals surface area contributed by atoms with Crippen LogP contribution in [0.5, 0.6) is 5.75 Å². The number of hydrogen-bond acceptors (Lipinski definition) is 5. The predicted molar refractivity (Wildman–Crippen MR) is 68.9 cm³/mol. The standard InChI is InChI=1S/C13H16N2O5/c1-19-7-13(18)6-15(8-16)5-10-3-2-9(12(14)17)4-11(10)20-13/h2-4,8,18H,5-7H2,1H3,(H2,14,17)/t13-/m0/s1. The van der Waals surface area contributed by atoms with Crippen LogP contribution in [0.25, 0.3) is 0 Å². The van der Waals surface area contributed by atoms with Crippen LogP contribution < -0.4 is 10.5 Å². The van der Waals surface area contributed by atoms with E-state index in [2.05, 4.69) is 0 Å². The fraction of sp³-hybridized carbons (Fsp3) is 0.385. The Kier molecular flexibility index (Phi) is 3.91. The first kappa shape index (κ1) is 14.3. The van der Waals surface area contributed by atoms with E-state index in [1.807, 2.05) is 0 Å². The van der Waals surface area contributed by atoms with E-state index >= 15 is 0 Å². The lowest BCUT2D eigenvalue weighted by atomic mass is 10.1. The quantitative estimate of drug-likeness (QED) is 0.722. The third-order valence-electron chi connectivity index (χ3n) is 2.99. The SMILES string of the molecule is COC[C@]1(O)CN(C=O)Cc2ccc(C(N)=O)cc2O1. The van der Waals surface area contributed by atoms with Gasteiger partial charge in [0, 0.05) is 24.8 Å². The normalized spacial score (nSPS) is 21.6. The van der Waals surface area contributed by atoms with E-state index in [1.54, 1.807) is 12.1 Å². The molecular weight excluding hydrogens is 264 g/mol. The molecule has 7 nitrogen and oxygen atoms in total. The zero-order valence-corrected chi connectivity index (χ0v) is 11.0. The molecule has 7 heteroatoms. The Morgan fingerprint density at radius 1 is 1.65 bits per heavy atom. The zero-order valence-electron chi connectivity index (χ0n) is 11.0. The summed E-state index contributed by atoms with van der Waals surface area (Å²) in [5, 5.41) is 10.4. The van der Waals surface area contributed by atoms with Gasteiger partial charge in [-0.05, 0) is 12.1 Å². The number of primary amides is 1. The number of fused-ring (bicyclic) bond motifs is 1. The molecule has 0 saturated heterocycles. The largest absolute Gasteiger partial charge is 0.458 e. The molecule has 0 aliphatic carbocycles. The topological polar surface area (TPSA) is 102 Å². The number of amides is 2. The fourth-order valence-electron chi connectivity index (χ4n) is 2.14. The van der Waals surface area contributed by atoms with E-state index in [-0.39, 0.29) is 25.3 Å². The van der Waals surface area contributed by atoms with Gasteiger partial charge in [-0.1, -0.05) is 6.07 Å². The summed E-state index contributed by atoms with van der Waals surface area (Å²) in [4.78, 5) is 23.6. The number of methoxy groups -OCH3 is 1. The van der Waals surface area contributed by atoms with Crippen molar-refractivity contribution in [2.24, 2.45) is 5.73 Å². The van der Waals surface area contributed by atoms with Crippen LogP contribution in [0, 0.1) is 0 Å². The summed E-state index contributed by atoms with van der Waals surface area (Å²) in [7, 11) is 1.41. The smallest absolute Gasteiger partial charge is 0.249 e. The van der Waals surface area contributed by atoms with Gasteiger partial charge in [-0.2, -0.15) is 0 Å². The highest BCUT2D eigenvalue weighted by atomic mass is 16.6.